The van der Waals surface area contributed by atoms with Crippen molar-refractivity contribution in [3.63, 3.8) is 0 Å². The lowest BCUT2D eigenvalue weighted by Gasteiger charge is -2.07. The smallest absolute Gasteiger partial charge is 0.170 e. The van der Waals surface area contributed by atoms with E-state index in [1.54, 1.807) is 11.8 Å². The maximum atomic E-state index is 4.61. The molecule has 4 heteroatoms. The van der Waals surface area contributed by atoms with Gasteiger partial charge in [0.15, 0.2) is 5.17 Å². The van der Waals surface area contributed by atoms with Crippen LogP contribution in [0.15, 0.2) is 77.1 Å². The van der Waals surface area contributed by atoms with Gasteiger partial charge in [0.25, 0.3) is 0 Å². The van der Waals surface area contributed by atoms with Gasteiger partial charge in [-0.25, -0.2) is 4.99 Å². The third-order valence-corrected chi connectivity index (χ3v) is 3.15. The lowest BCUT2D eigenvalue weighted by molar-refractivity contribution is 1.51. The number of nitrogens with zero attached hydrogens (tertiary/aromatic N) is 1. The maximum Gasteiger partial charge on any atom is 0.170 e. The molecule has 2 nitrogen and oxygen atoms in total. The minimum absolute atomic E-state index is 0. The van der Waals surface area contributed by atoms with Gasteiger partial charge in [-0.3, -0.25) is 0 Å². The molecule has 0 saturated carbocycles. The molecule has 0 spiro atoms. The number of hydrogen-bond acceptors (Lipinski definition) is 2. The molecule has 0 heterocycles. The number of nitrogens with one attached hydrogen (secondary N) is 1. The molecule has 0 atom stereocenters. The zero-order chi connectivity index (χ0) is 13.3. The van der Waals surface area contributed by atoms with Crippen LogP contribution in [0.3, 0.4) is 0 Å². The van der Waals surface area contributed by atoms with Crippen LogP contribution in [0.4, 0.5) is 11.4 Å². The van der Waals surface area contributed by atoms with Crippen LogP contribution >= 0.6 is 28.7 Å². The van der Waals surface area contributed by atoms with Gasteiger partial charge < -0.3 is 5.32 Å². The number of benzene rings is 2. The number of para-hydroxylation sites is 2. The summed E-state index contributed by atoms with van der Waals surface area (Å²) in [6, 6.07) is 20.0. The topological polar surface area (TPSA) is 24.4 Å². The fourth-order valence-electron chi connectivity index (χ4n) is 1.48. The Hall–Kier alpha value is -1.52. The average molecular weight is 349 g/mol. The van der Waals surface area contributed by atoms with Gasteiger partial charge in [0, 0.05) is 5.69 Å². The lowest BCUT2D eigenvalue weighted by atomic mass is 10.3. The minimum atomic E-state index is 0. The molecule has 2 aromatic carbocycles. The third kappa shape index (κ3) is 5.63. The molecule has 0 fully saturated rings. The normalized spacial score (nSPS) is 11.2. The molecule has 0 saturated heterocycles. The molecule has 0 bridgehead atoms. The van der Waals surface area contributed by atoms with Crippen molar-refractivity contribution in [2.75, 3.05) is 5.32 Å². The van der Waals surface area contributed by atoms with Crippen molar-refractivity contribution in [3.05, 3.63) is 72.1 Å². The van der Waals surface area contributed by atoms with Crippen LogP contribution in [0.2, 0.25) is 0 Å². The van der Waals surface area contributed by atoms with E-state index in [0.29, 0.717) is 0 Å². The fraction of sp³-hybridized carbons (Fsp3) is 0.0625. The van der Waals surface area contributed by atoms with Gasteiger partial charge in [-0.1, -0.05) is 54.2 Å². The lowest BCUT2D eigenvalue weighted by Crippen LogP contribution is -2.06. The number of allylic oxidation sites excluding steroid dienone is 1. The molecule has 0 unspecified atom stereocenters. The molecule has 0 radical (unpaired) electrons. The van der Waals surface area contributed by atoms with Gasteiger partial charge in [-0.2, -0.15) is 0 Å². The summed E-state index contributed by atoms with van der Waals surface area (Å²) in [5.41, 5.74) is 1.98. The average Bonchev–Trinajstić information content (AvgIpc) is 2.47. The first-order valence-corrected chi connectivity index (χ1v) is 7.00. The molecule has 104 valence electrons. The molecule has 0 aliphatic heterocycles. The first-order valence-electron chi connectivity index (χ1n) is 6.12. The minimum Gasteiger partial charge on any atom is -0.334 e. The highest BCUT2D eigenvalue weighted by Gasteiger charge is 1.99. The SMILES string of the molecule is Br.CC=CSC(=Nc1ccccc1)Nc1ccccc1. The summed E-state index contributed by atoms with van der Waals surface area (Å²) in [5, 5.41) is 6.19. The van der Waals surface area contributed by atoms with Crippen LogP contribution in [0.5, 0.6) is 0 Å². The Morgan fingerprint density at radius 1 is 1.00 bits per heavy atom. The van der Waals surface area contributed by atoms with Crippen LogP contribution in [-0.4, -0.2) is 5.17 Å². The first kappa shape index (κ1) is 16.5. The van der Waals surface area contributed by atoms with Crippen molar-refractivity contribution in [2.24, 2.45) is 4.99 Å². The Balaban J connectivity index is 0.00000200. The summed E-state index contributed by atoms with van der Waals surface area (Å²) in [5.74, 6) is 0. The van der Waals surface area contributed by atoms with Crippen molar-refractivity contribution < 1.29 is 0 Å². The number of halogens is 1. The van der Waals surface area contributed by atoms with E-state index in [4.69, 9.17) is 0 Å². The second kappa shape index (κ2) is 9.39. The van der Waals surface area contributed by atoms with Crippen LogP contribution < -0.4 is 5.32 Å². The van der Waals surface area contributed by atoms with Crippen molar-refractivity contribution in [1.82, 2.24) is 0 Å². The Morgan fingerprint density at radius 3 is 2.20 bits per heavy atom. The quantitative estimate of drug-likeness (QED) is 0.574. The van der Waals surface area contributed by atoms with Crippen molar-refractivity contribution >= 4 is 45.3 Å². The van der Waals surface area contributed by atoms with E-state index in [1.165, 1.54) is 0 Å². The number of anilines is 1. The number of amidine groups is 1. The number of rotatable bonds is 3. The number of thioether (sulfide) groups is 1. The van der Waals surface area contributed by atoms with Gasteiger partial charge in [0.1, 0.15) is 0 Å². The van der Waals surface area contributed by atoms with Crippen LogP contribution in [-0.2, 0) is 0 Å². The Bertz CT molecular complexity index is 553. The summed E-state index contributed by atoms with van der Waals surface area (Å²) in [7, 11) is 0. The summed E-state index contributed by atoms with van der Waals surface area (Å²) in [6.07, 6.45) is 2.00. The van der Waals surface area contributed by atoms with Crippen molar-refractivity contribution in [2.45, 2.75) is 6.92 Å². The molecule has 1 N–H and O–H groups in total. The first-order chi connectivity index (χ1) is 9.38. The van der Waals surface area contributed by atoms with E-state index in [-0.39, 0.29) is 17.0 Å². The molecular weight excluding hydrogens is 332 g/mol. The molecule has 20 heavy (non-hydrogen) atoms. The van der Waals surface area contributed by atoms with Gasteiger partial charge in [-0.05, 0) is 36.6 Å². The summed E-state index contributed by atoms with van der Waals surface area (Å²) in [4.78, 5) is 4.61. The standard InChI is InChI=1S/C16H16N2S.BrH/c1-2-13-19-16(17-14-9-5-3-6-10-14)18-15-11-7-4-8-12-15;/h2-13H,1H3,(H,17,18);1H. The highest BCUT2D eigenvalue weighted by molar-refractivity contribution is 8.93. The molecule has 0 amide bonds. The molecule has 2 aromatic rings. The van der Waals surface area contributed by atoms with Gasteiger partial charge in [0.05, 0.1) is 5.69 Å². The molecule has 0 aliphatic carbocycles. The van der Waals surface area contributed by atoms with E-state index in [0.717, 1.165) is 16.5 Å². The maximum absolute atomic E-state index is 4.61. The Kier molecular flexibility index (Phi) is 7.77. The fourth-order valence-corrected chi connectivity index (χ4v) is 2.08. The van der Waals surface area contributed by atoms with Gasteiger partial charge in [-0.15, -0.1) is 17.0 Å². The molecule has 0 aromatic heterocycles. The van der Waals surface area contributed by atoms with Crippen molar-refractivity contribution in [1.29, 1.82) is 0 Å². The summed E-state index contributed by atoms with van der Waals surface area (Å²) < 4.78 is 0. The monoisotopic (exact) mass is 348 g/mol. The zero-order valence-corrected chi connectivity index (χ0v) is 13.7. The van der Waals surface area contributed by atoms with E-state index in [9.17, 15) is 0 Å². The zero-order valence-electron chi connectivity index (χ0n) is 11.2. The molecule has 0 aliphatic rings. The van der Waals surface area contributed by atoms with E-state index in [1.807, 2.05) is 79.1 Å². The number of aliphatic imine (C=N–C) groups is 1. The summed E-state index contributed by atoms with van der Waals surface area (Å²) in [6.45, 7) is 2.00. The highest BCUT2D eigenvalue weighted by atomic mass is 79.9. The van der Waals surface area contributed by atoms with Gasteiger partial charge >= 0.3 is 0 Å². The molecule has 2 rings (SSSR count). The predicted molar refractivity (Wildman–Crippen MR) is 96.3 cm³/mol. The summed E-state index contributed by atoms with van der Waals surface area (Å²) >= 11 is 1.57. The Labute approximate surface area is 134 Å². The molecular formula is C16H17BrN2S. The third-order valence-electron chi connectivity index (χ3n) is 2.33. The largest absolute Gasteiger partial charge is 0.334 e. The van der Waals surface area contributed by atoms with E-state index >= 15 is 0 Å². The number of hydrogen-bond donors (Lipinski definition) is 1. The van der Waals surface area contributed by atoms with Crippen LogP contribution in [0.1, 0.15) is 6.92 Å². The Morgan fingerprint density at radius 2 is 1.60 bits per heavy atom. The predicted octanol–water partition coefficient (Wildman–Crippen LogP) is 5.63. The second-order valence-corrected chi connectivity index (χ2v) is 4.73. The van der Waals surface area contributed by atoms with Crippen molar-refractivity contribution in [3.8, 4) is 0 Å². The van der Waals surface area contributed by atoms with Gasteiger partial charge in [0.2, 0.25) is 0 Å². The second-order valence-electron chi connectivity index (χ2n) is 3.83. The van der Waals surface area contributed by atoms with Crippen LogP contribution in [0.25, 0.3) is 0 Å². The van der Waals surface area contributed by atoms with E-state index in [2.05, 4.69) is 10.3 Å². The van der Waals surface area contributed by atoms with E-state index < -0.39 is 0 Å². The van der Waals surface area contributed by atoms with Crippen LogP contribution in [0, 0.1) is 0 Å². The highest BCUT2D eigenvalue weighted by Crippen LogP contribution is 2.17.